The third-order valence-corrected chi connectivity index (χ3v) is 10.2. The number of hydrogen-bond acceptors (Lipinski definition) is 6. The highest BCUT2D eigenvalue weighted by molar-refractivity contribution is 8.18. The second-order valence-electron chi connectivity index (χ2n) is 15.3. The Morgan fingerprint density at radius 1 is 0.800 bits per heavy atom. The number of phenolic OH excluding ortho intramolecular Hbond substituents is 1. The Morgan fingerprint density at radius 2 is 1.29 bits per heavy atom. The van der Waals surface area contributed by atoms with Crippen LogP contribution in [0.25, 0.3) is 0 Å². The van der Waals surface area contributed by atoms with Crippen LogP contribution in [0, 0.1) is 5.41 Å². The van der Waals surface area contributed by atoms with Crippen LogP contribution in [-0.4, -0.2) is 26.2 Å². The fourth-order valence-corrected chi connectivity index (χ4v) is 7.61. The van der Waals surface area contributed by atoms with Gasteiger partial charge in [-0.15, -0.1) is 23.5 Å². The first-order valence-electron chi connectivity index (χ1n) is 16.3. The van der Waals surface area contributed by atoms with E-state index in [1.54, 1.807) is 0 Å². The average Bonchev–Trinajstić information content (AvgIpc) is 2.88. The Bertz CT molecular complexity index is 1310. The molecule has 0 saturated heterocycles. The van der Waals surface area contributed by atoms with Crippen molar-refractivity contribution in [2.45, 2.75) is 160 Å². The second-order valence-corrected chi connectivity index (χ2v) is 18.7. The number of thioether (sulfide) groups is 2. The number of aromatic hydroxyl groups is 1. The van der Waals surface area contributed by atoms with E-state index < -0.39 is 11.9 Å². The lowest BCUT2D eigenvalue weighted by molar-refractivity contribution is -0.142. The molecule has 45 heavy (non-hydrogen) atoms. The minimum atomic E-state index is -1.02. The van der Waals surface area contributed by atoms with Crippen LogP contribution in [-0.2, 0) is 26.8 Å². The lowest BCUT2D eigenvalue weighted by Gasteiger charge is -2.32. The summed E-state index contributed by atoms with van der Waals surface area (Å²) in [6.45, 7) is 31.9. The number of carbonyl (C=O) groups is 2. The molecule has 7 heteroatoms. The van der Waals surface area contributed by atoms with Crippen LogP contribution in [0.1, 0.15) is 151 Å². The summed E-state index contributed by atoms with van der Waals surface area (Å²) in [4.78, 5) is 26.1. The van der Waals surface area contributed by atoms with Crippen LogP contribution in [0.3, 0.4) is 0 Å². The molecule has 0 spiro atoms. The monoisotopic (exact) mass is 660 g/mol. The zero-order chi connectivity index (χ0) is 35.1. The largest absolute Gasteiger partial charge is 0.507 e. The van der Waals surface area contributed by atoms with Crippen LogP contribution in [0.4, 0.5) is 0 Å². The highest BCUT2D eigenvalue weighted by atomic mass is 32.2. The van der Waals surface area contributed by atoms with Gasteiger partial charge in [0.25, 0.3) is 0 Å². The SMILES string of the molecule is CC.CCC(C)(Sc1cc(C(C)C)c(O)c(C(C)(C)C)c1)Sc1cc(CC(C)(C)C)c(OC(=O)CCC(=O)O)c(C(C)(C)C)c1. The summed E-state index contributed by atoms with van der Waals surface area (Å²) in [7, 11) is 0. The molecule has 0 aromatic heterocycles. The third-order valence-electron chi connectivity index (χ3n) is 7.28. The summed E-state index contributed by atoms with van der Waals surface area (Å²) < 4.78 is 5.74. The van der Waals surface area contributed by atoms with E-state index in [4.69, 9.17) is 9.84 Å². The molecule has 0 aliphatic rings. The number of benzene rings is 2. The number of hydrogen-bond donors (Lipinski definition) is 2. The van der Waals surface area contributed by atoms with E-state index >= 15 is 0 Å². The number of esters is 1. The van der Waals surface area contributed by atoms with Crippen molar-refractivity contribution in [1.82, 2.24) is 0 Å². The normalized spacial score (nSPS) is 13.6. The highest BCUT2D eigenvalue weighted by Crippen LogP contribution is 2.51. The Hall–Kier alpha value is -2.12. The molecule has 2 aromatic carbocycles. The van der Waals surface area contributed by atoms with Crippen LogP contribution in [0.5, 0.6) is 11.5 Å². The van der Waals surface area contributed by atoms with Gasteiger partial charge in [-0.3, -0.25) is 9.59 Å². The van der Waals surface area contributed by atoms with Crippen molar-refractivity contribution in [3.63, 3.8) is 0 Å². The lowest BCUT2D eigenvalue weighted by atomic mass is 9.81. The fraction of sp³-hybridized carbons (Fsp3) is 0.632. The molecule has 0 fully saturated rings. The van der Waals surface area contributed by atoms with Crippen LogP contribution in [0.15, 0.2) is 34.1 Å². The van der Waals surface area contributed by atoms with Crippen LogP contribution in [0.2, 0.25) is 0 Å². The van der Waals surface area contributed by atoms with Gasteiger partial charge in [0, 0.05) is 20.9 Å². The van der Waals surface area contributed by atoms with Crippen molar-refractivity contribution in [2.75, 3.05) is 0 Å². The number of rotatable bonds is 11. The average molecular weight is 661 g/mol. The molecule has 2 N–H and O–H groups in total. The van der Waals surface area contributed by atoms with Crippen molar-refractivity contribution >= 4 is 35.5 Å². The predicted molar refractivity (Wildman–Crippen MR) is 193 cm³/mol. The molecule has 0 saturated carbocycles. The molecule has 254 valence electrons. The van der Waals surface area contributed by atoms with Gasteiger partial charge in [0.1, 0.15) is 11.5 Å². The molecule has 0 radical (unpaired) electrons. The number of carboxylic acid groups (broad SMARTS) is 1. The van der Waals surface area contributed by atoms with Gasteiger partial charge in [0.2, 0.25) is 0 Å². The van der Waals surface area contributed by atoms with E-state index in [2.05, 4.69) is 114 Å². The number of carbonyl (C=O) groups excluding carboxylic acids is 1. The summed E-state index contributed by atoms with van der Waals surface area (Å²) >= 11 is 3.64. The van der Waals surface area contributed by atoms with Gasteiger partial charge in [-0.1, -0.05) is 96.9 Å². The summed E-state index contributed by atoms with van der Waals surface area (Å²) in [6, 6.07) is 8.57. The molecular formula is C38H60O5S2. The van der Waals surface area contributed by atoms with Gasteiger partial charge in [-0.05, 0) is 77.3 Å². The molecule has 2 aromatic rings. The molecule has 0 bridgehead atoms. The Balaban J connectivity index is 0.00000496. The molecule has 0 amide bonds. The lowest BCUT2D eigenvalue weighted by Crippen LogP contribution is -2.21. The summed E-state index contributed by atoms with van der Waals surface area (Å²) in [6.07, 6.45) is 1.17. The van der Waals surface area contributed by atoms with Gasteiger partial charge >= 0.3 is 11.9 Å². The van der Waals surface area contributed by atoms with Gasteiger partial charge < -0.3 is 14.9 Å². The van der Waals surface area contributed by atoms with Gasteiger partial charge in [-0.25, -0.2) is 0 Å². The van der Waals surface area contributed by atoms with Crippen molar-refractivity contribution in [3.8, 4) is 11.5 Å². The Kier molecular flexibility index (Phi) is 14.7. The minimum absolute atomic E-state index is 0.0634. The standard InChI is InChI=1S/C36H54O5S2.C2H6/c1-14-36(13,43-25-18-26(22(2)3)31(40)27(19-25)34(7,8)9)42-24-17-23(21-33(4,5)6)32(28(20-24)35(10,11)12)41-30(39)16-15-29(37)38;1-2/h17-20,22,40H,14-16,21H2,1-13H3,(H,37,38);1-2H3. The van der Waals surface area contributed by atoms with E-state index in [1.807, 2.05) is 37.4 Å². The fourth-order valence-electron chi connectivity index (χ4n) is 4.84. The maximum atomic E-state index is 12.8. The van der Waals surface area contributed by atoms with E-state index in [0.717, 1.165) is 38.5 Å². The first-order chi connectivity index (χ1) is 20.5. The second kappa shape index (κ2) is 16.1. The van der Waals surface area contributed by atoms with Crippen molar-refractivity contribution in [3.05, 3.63) is 46.5 Å². The molecule has 0 aliphatic carbocycles. The molecule has 2 rings (SSSR count). The minimum Gasteiger partial charge on any atom is -0.507 e. The van der Waals surface area contributed by atoms with Crippen molar-refractivity contribution in [2.24, 2.45) is 5.41 Å². The molecule has 0 heterocycles. The molecule has 5 nitrogen and oxygen atoms in total. The zero-order valence-electron chi connectivity index (χ0n) is 30.7. The molecule has 0 aliphatic heterocycles. The quantitative estimate of drug-likeness (QED) is 0.107. The van der Waals surface area contributed by atoms with E-state index in [-0.39, 0.29) is 39.1 Å². The predicted octanol–water partition coefficient (Wildman–Crippen LogP) is 11.5. The molecule has 1 unspecified atom stereocenters. The van der Waals surface area contributed by atoms with Gasteiger partial charge in [0.05, 0.1) is 16.9 Å². The van der Waals surface area contributed by atoms with E-state index in [1.165, 1.54) is 0 Å². The maximum absolute atomic E-state index is 12.8. The summed E-state index contributed by atoms with van der Waals surface area (Å²) in [5.74, 6) is -0.395. The molecular weight excluding hydrogens is 601 g/mol. The zero-order valence-corrected chi connectivity index (χ0v) is 32.3. The van der Waals surface area contributed by atoms with E-state index in [0.29, 0.717) is 17.9 Å². The van der Waals surface area contributed by atoms with Crippen molar-refractivity contribution in [1.29, 1.82) is 0 Å². The Morgan fingerprint density at radius 3 is 1.71 bits per heavy atom. The first kappa shape index (κ1) is 40.9. The van der Waals surface area contributed by atoms with Crippen LogP contribution < -0.4 is 4.74 Å². The summed E-state index contributed by atoms with van der Waals surface area (Å²) in [5.41, 5.74) is 3.25. The first-order valence-corrected chi connectivity index (χ1v) is 17.9. The smallest absolute Gasteiger partial charge is 0.311 e. The van der Waals surface area contributed by atoms with Crippen molar-refractivity contribution < 1.29 is 24.5 Å². The number of aliphatic carboxylic acids is 1. The van der Waals surface area contributed by atoms with Gasteiger partial charge in [0.15, 0.2) is 0 Å². The number of ether oxygens (including phenoxy) is 1. The molecule has 1 atom stereocenters. The topological polar surface area (TPSA) is 83.8 Å². The van der Waals surface area contributed by atoms with Gasteiger partial charge in [-0.2, -0.15) is 0 Å². The number of carboxylic acids is 1. The highest BCUT2D eigenvalue weighted by Gasteiger charge is 2.32. The third kappa shape index (κ3) is 12.5. The summed E-state index contributed by atoms with van der Waals surface area (Å²) in [5, 5.41) is 20.2. The Labute approximate surface area is 282 Å². The maximum Gasteiger partial charge on any atom is 0.311 e. The number of phenols is 1. The van der Waals surface area contributed by atoms with Crippen LogP contribution >= 0.6 is 23.5 Å². The van der Waals surface area contributed by atoms with E-state index in [9.17, 15) is 14.7 Å².